The standard InChI is InChI=1S/C17H20N4OS2/c1-8(21-15(19-20-17(21)23)11-3-2-6-24-11)16(22)18-14-12-9-4-5-10(7-9)13(12)14/h2-3,6,8-10,12-14H,4-5,7H2,1H3,(H,18,22)(H,20,23)/t8-,9+,10+,12-,13-/m1/s1. The van der Waals surface area contributed by atoms with Gasteiger partial charge in [-0.1, -0.05) is 6.07 Å². The number of hydrogen-bond donors (Lipinski definition) is 2. The van der Waals surface area contributed by atoms with E-state index in [2.05, 4.69) is 15.5 Å². The van der Waals surface area contributed by atoms with Crippen LogP contribution in [0.15, 0.2) is 17.5 Å². The molecule has 5 atom stereocenters. The highest BCUT2D eigenvalue weighted by molar-refractivity contribution is 7.71. The van der Waals surface area contributed by atoms with Crippen molar-refractivity contribution in [3.63, 3.8) is 0 Å². The van der Waals surface area contributed by atoms with Gasteiger partial charge in [-0.15, -0.1) is 11.3 Å². The van der Waals surface area contributed by atoms with Crippen molar-refractivity contribution < 1.29 is 4.79 Å². The number of fused-ring (bicyclic) bond motifs is 5. The molecular weight excluding hydrogens is 340 g/mol. The SMILES string of the molecule is C[C@H](C(=O)NC1[C@@H]2[C@H]3CC[C@@H](C3)[C@@H]12)n1c(-c2cccs2)n[nH]c1=S. The monoisotopic (exact) mass is 360 g/mol. The van der Waals surface area contributed by atoms with Crippen LogP contribution in [0.2, 0.25) is 0 Å². The van der Waals surface area contributed by atoms with Crippen molar-refractivity contribution in [2.75, 3.05) is 0 Å². The van der Waals surface area contributed by atoms with E-state index in [9.17, 15) is 4.79 Å². The Morgan fingerprint density at radius 1 is 1.46 bits per heavy atom. The predicted molar refractivity (Wildman–Crippen MR) is 95.2 cm³/mol. The molecule has 0 radical (unpaired) electrons. The lowest BCUT2D eigenvalue weighted by atomic mass is 10.0. The molecule has 7 heteroatoms. The van der Waals surface area contributed by atoms with E-state index in [1.165, 1.54) is 19.3 Å². The quantitative estimate of drug-likeness (QED) is 0.822. The Labute approximate surface area is 149 Å². The highest BCUT2D eigenvalue weighted by Crippen LogP contribution is 2.65. The van der Waals surface area contributed by atoms with Gasteiger partial charge in [0.15, 0.2) is 10.6 Å². The predicted octanol–water partition coefficient (Wildman–Crippen LogP) is 3.39. The molecule has 2 aromatic heterocycles. The lowest BCUT2D eigenvalue weighted by molar-refractivity contribution is -0.124. The van der Waals surface area contributed by atoms with E-state index in [1.807, 2.05) is 29.0 Å². The average molecular weight is 361 g/mol. The molecule has 0 saturated heterocycles. The summed E-state index contributed by atoms with van der Waals surface area (Å²) in [5.41, 5.74) is 0. The second-order valence-electron chi connectivity index (χ2n) is 7.40. The number of rotatable bonds is 4. The van der Waals surface area contributed by atoms with Gasteiger partial charge in [0.05, 0.1) is 4.88 Å². The van der Waals surface area contributed by atoms with E-state index < -0.39 is 0 Å². The summed E-state index contributed by atoms with van der Waals surface area (Å²) < 4.78 is 2.33. The number of aromatic nitrogens is 3. The fourth-order valence-corrected chi connectivity index (χ4v) is 6.16. The normalized spacial score (nSPS) is 34.1. The lowest BCUT2D eigenvalue weighted by Gasteiger charge is -2.17. The van der Waals surface area contributed by atoms with Crippen molar-refractivity contribution in [2.24, 2.45) is 23.7 Å². The maximum Gasteiger partial charge on any atom is 0.243 e. The molecule has 3 aliphatic carbocycles. The van der Waals surface area contributed by atoms with Crippen molar-refractivity contribution in [1.82, 2.24) is 20.1 Å². The molecule has 2 N–H and O–H groups in total. The Morgan fingerprint density at radius 2 is 2.21 bits per heavy atom. The summed E-state index contributed by atoms with van der Waals surface area (Å²) in [4.78, 5) is 13.8. The number of hydrogen-bond acceptors (Lipinski definition) is 4. The molecule has 5 nitrogen and oxygen atoms in total. The number of aromatic amines is 1. The minimum atomic E-state index is -0.354. The van der Waals surface area contributed by atoms with E-state index >= 15 is 0 Å². The van der Waals surface area contributed by atoms with Gasteiger partial charge in [0.25, 0.3) is 0 Å². The van der Waals surface area contributed by atoms with Crippen LogP contribution in [0.3, 0.4) is 0 Å². The number of nitrogens with one attached hydrogen (secondary N) is 2. The summed E-state index contributed by atoms with van der Waals surface area (Å²) in [5, 5.41) is 12.5. The second kappa shape index (κ2) is 5.26. The Hall–Kier alpha value is -1.47. The van der Waals surface area contributed by atoms with Crippen molar-refractivity contribution in [1.29, 1.82) is 0 Å². The van der Waals surface area contributed by atoms with Crippen LogP contribution in [-0.4, -0.2) is 26.7 Å². The number of amides is 1. The maximum absolute atomic E-state index is 12.8. The molecule has 0 aliphatic heterocycles. The van der Waals surface area contributed by atoms with Crippen LogP contribution in [0.4, 0.5) is 0 Å². The molecule has 3 fully saturated rings. The fourth-order valence-electron chi connectivity index (χ4n) is 5.16. The van der Waals surface area contributed by atoms with Gasteiger partial charge in [0.2, 0.25) is 5.91 Å². The van der Waals surface area contributed by atoms with E-state index in [-0.39, 0.29) is 11.9 Å². The summed E-state index contributed by atoms with van der Waals surface area (Å²) in [6.45, 7) is 1.91. The molecule has 126 valence electrons. The van der Waals surface area contributed by atoms with Crippen LogP contribution in [0.25, 0.3) is 10.7 Å². The molecule has 0 unspecified atom stereocenters. The minimum Gasteiger partial charge on any atom is -0.351 e. The first-order valence-corrected chi connectivity index (χ1v) is 9.95. The lowest BCUT2D eigenvalue weighted by Crippen LogP contribution is -2.35. The fraction of sp³-hybridized carbons (Fsp3) is 0.588. The van der Waals surface area contributed by atoms with E-state index in [1.54, 1.807) is 11.3 Å². The molecule has 2 aromatic rings. The average Bonchev–Trinajstić information content (AvgIpc) is 3.12. The third-order valence-corrected chi connectivity index (χ3v) is 7.41. The van der Waals surface area contributed by atoms with E-state index in [4.69, 9.17) is 12.2 Å². The summed E-state index contributed by atoms with van der Waals surface area (Å²) in [6.07, 6.45) is 4.12. The Morgan fingerprint density at radius 3 is 2.88 bits per heavy atom. The molecule has 2 heterocycles. The molecule has 24 heavy (non-hydrogen) atoms. The molecule has 0 spiro atoms. The first-order valence-electron chi connectivity index (χ1n) is 8.66. The number of nitrogens with zero attached hydrogens (tertiary/aromatic N) is 2. The molecule has 1 amide bonds. The van der Waals surface area contributed by atoms with Crippen LogP contribution in [0.1, 0.15) is 32.2 Å². The maximum atomic E-state index is 12.8. The van der Waals surface area contributed by atoms with Crippen LogP contribution in [-0.2, 0) is 4.79 Å². The Kier molecular flexibility index (Phi) is 3.25. The summed E-state index contributed by atoms with van der Waals surface area (Å²) in [6, 6.07) is 4.03. The molecular formula is C17H20N4OS2. The largest absolute Gasteiger partial charge is 0.351 e. The smallest absolute Gasteiger partial charge is 0.243 e. The third kappa shape index (κ3) is 2.07. The first kappa shape index (κ1) is 14.8. The third-order valence-electron chi connectivity index (χ3n) is 6.26. The van der Waals surface area contributed by atoms with Crippen LogP contribution in [0.5, 0.6) is 0 Å². The number of thiophene rings is 1. The van der Waals surface area contributed by atoms with Gasteiger partial charge >= 0.3 is 0 Å². The topological polar surface area (TPSA) is 62.7 Å². The summed E-state index contributed by atoms with van der Waals surface area (Å²) >= 11 is 6.97. The zero-order valence-electron chi connectivity index (χ0n) is 13.4. The summed E-state index contributed by atoms with van der Waals surface area (Å²) in [5.74, 6) is 4.01. The second-order valence-corrected chi connectivity index (χ2v) is 8.73. The van der Waals surface area contributed by atoms with Crippen molar-refractivity contribution >= 4 is 29.5 Å². The van der Waals surface area contributed by atoms with E-state index in [0.717, 1.165) is 34.4 Å². The van der Waals surface area contributed by atoms with Crippen molar-refractivity contribution in [3.05, 3.63) is 22.3 Å². The van der Waals surface area contributed by atoms with E-state index in [0.29, 0.717) is 10.8 Å². The molecule has 3 aliphatic rings. The minimum absolute atomic E-state index is 0.0594. The number of carbonyl (C=O) groups excluding carboxylic acids is 1. The van der Waals surface area contributed by atoms with Gasteiger partial charge in [-0.25, -0.2) is 0 Å². The number of H-pyrrole nitrogens is 1. The molecule has 0 aromatic carbocycles. The molecule has 2 bridgehead atoms. The summed E-state index contributed by atoms with van der Waals surface area (Å²) in [7, 11) is 0. The van der Waals surface area contributed by atoms with Gasteiger partial charge in [-0.2, -0.15) is 5.10 Å². The van der Waals surface area contributed by atoms with Crippen molar-refractivity contribution in [2.45, 2.75) is 38.3 Å². The van der Waals surface area contributed by atoms with Gasteiger partial charge in [0, 0.05) is 6.04 Å². The van der Waals surface area contributed by atoms with Crippen LogP contribution in [0, 0.1) is 28.4 Å². The van der Waals surface area contributed by atoms with Gasteiger partial charge in [-0.3, -0.25) is 14.5 Å². The van der Waals surface area contributed by atoms with Crippen LogP contribution < -0.4 is 5.32 Å². The van der Waals surface area contributed by atoms with Crippen LogP contribution >= 0.6 is 23.6 Å². The first-order chi connectivity index (χ1) is 11.6. The Bertz CT molecular complexity index is 823. The zero-order valence-corrected chi connectivity index (χ0v) is 15.1. The highest BCUT2D eigenvalue weighted by atomic mass is 32.1. The Balaban J connectivity index is 1.36. The molecule has 3 saturated carbocycles. The van der Waals surface area contributed by atoms with Gasteiger partial charge < -0.3 is 5.32 Å². The number of carbonyl (C=O) groups is 1. The zero-order chi connectivity index (χ0) is 16.4. The highest BCUT2D eigenvalue weighted by Gasteiger charge is 2.65. The molecule has 5 rings (SSSR count). The van der Waals surface area contributed by atoms with Gasteiger partial charge in [0.1, 0.15) is 6.04 Å². The van der Waals surface area contributed by atoms with Crippen molar-refractivity contribution in [3.8, 4) is 10.7 Å². The van der Waals surface area contributed by atoms with Gasteiger partial charge in [-0.05, 0) is 73.5 Å².